The van der Waals surface area contributed by atoms with Crippen molar-refractivity contribution in [1.29, 1.82) is 0 Å². The molecule has 2 aromatic rings. The van der Waals surface area contributed by atoms with Crippen LogP contribution >= 0.6 is 0 Å². The molecular weight excluding hydrogens is 363 g/mol. The van der Waals surface area contributed by atoms with Gasteiger partial charge in [0.2, 0.25) is 17.7 Å². The third-order valence-corrected chi connectivity index (χ3v) is 5.21. The summed E-state index contributed by atoms with van der Waals surface area (Å²) >= 11 is 0. The van der Waals surface area contributed by atoms with E-state index < -0.39 is 0 Å². The second-order valence-electron chi connectivity index (χ2n) is 7.41. The number of hydrogen-bond acceptors (Lipinski definition) is 5. The quantitative estimate of drug-likeness (QED) is 0.790. The zero-order chi connectivity index (χ0) is 19.5. The SMILES string of the molecule is O=C(CCc1nc(C2CCCN2C(=O)C2CC2)no1)NCc1ccc(F)cc1. The summed E-state index contributed by atoms with van der Waals surface area (Å²) in [5.41, 5.74) is 0.830. The van der Waals surface area contributed by atoms with Crippen molar-refractivity contribution < 1.29 is 18.5 Å². The Labute approximate surface area is 162 Å². The Bertz CT molecular complexity index is 847. The summed E-state index contributed by atoms with van der Waals surface area (Å²) in [5, 5.41) is 6.83. The van der Waals surface area contributed by atoms with Crippen LogP contribution in [-0.4, -0.2) is 33.4 Å². The fraction of sp³-hybridized carbons (Fsp3) is 0.500. The highest BCUT2D eigenvalue weighted by molar-refractivity contribution is 5.81. The fourth-order valence-electron chi connectivity index (χ4n) is 3.48. The van der Waals surface area contributed by atoms with E-state index >= 15 is 0 Å². The summed E-state index contributed by atoms with van der Waals surface area (Å²) in [6, 6.07) is 5.88. The van der Waals surface area contributed by atoms with Gasteiger partial charge >= 0.3 is 0 Å². The maximum absolute atomic E-state index is 12.9. The van der Waals surface area contributed by atoms with E-state index in [-0.39, 0.29) is 36.0 Å². The number of rotatable bonds is 7. The third kappa shape index (κ3) is 4.37. The van der Waals surface area contributed by atoms with Crippen LogP contribution in [0.15, 0.2) is 28.8 Å². The summed E-state index contributed by atoms with van der Waals surface area (Å²) in [6.45, 7) is 1.09. The summed E-state index contributed by atoms with van der Waals surface area (Å²) in [6.07, 6.45) is 4.30. The molecule has 0 bridgehead atoms. The lowest BCUT2D eigenvalue weighted by atomic mass is 10.2. The number of amides is 2. The first-order chi connectivity index (χ1) is 13.6. The Morgan fingerprint density at radius 3 is 2.75 bits per heavy atom. The number of carbonyl (C=O) groups is 2. The van der Waals surface area contributed by atoms with Crippen LogP contribution in [-0.2, 0) is 22.6 Å². The number of nitrogens with zero attached hydrogens (tertiary/aromatic N) is 3. The van der Waals surface area contributed by atoms with Gasteiger partial charge in [-0.25, -0.2) is 4.39 Å². The molecule has 8 heteroatoms. The van der Waals surface area contributed by atoms with Gasteiger partial charge in [0, 0.05) is 31.8 Å². The lowest BCUT2D eigenvalue weighted by molar-refractivity contribution is -0.133. The molecule has 1 aliphatic heterocycles. The minimum atomic E-state index is -0.304. The van der Waals surface area contributed by atoms with Crippen LogP contribution in [0.1, 0.15) is 55.4 Å². The van der Waals surface area contributed by atoms with Gasteiger partial charge in [0.25, 0.3) is 0 Å². The Morgan fingerprint density at radius 1 is 1.21 bits per heavy atom. The van der Waals surface area contributed by atoms with E-state index in [4.69, 9.17) is 4.52 Å². The van der Waals surface area contributed by atoms with E-state index in [1.165, 1.54) is 12.1 Å². The largest absolute Gasteiger partial charge is 0.352 e. The van der Waals surface area contributed by atoms with Crippen molar-refractivity contribution in [1.82, 2.24) is 20.4 Å². The zero-order valence-electron chi connectivity index (χ0n) is 15.6. The molecule has 7 nitrogen and oxygen atoms in total. The molecule has 2 aliphatic rings. The van der Waals surface area contributed by atoms with Gasteiger partial charge in [-0.15, -0.1) is 0 Å². The first-order valence-corrected chi connectivity index (χ1v) is 9.74. The van der Waals surface area contributed by atoms with Gasteiger partial charge in [-0.3, -0.25) is 9.59 Å². The highest BCUT2D eigenvalue weighted by Gasteiger charge is 2.40. The molecule has 1 unspecified atom stereocenters. The summed E-state index contributed by atoms with van der Waals surface area (Å²) in [4.78, 5) is 30.7. The van der Waals surface area contributed by atoms with Crippen LogP contribution < -0.4 is 5.32 Å². The van der Waals surface area contributed by atoms with Crippen LogP contribution in [0.2, 0.25) is 0 Å². The van der Waals surface area contributed by atoms with Gasteiger partial charge in [0.05, 0.1) is 6.04 Å². The topological polar surface area (TPSA) is 88.3 Å². The average molecular weight is 386 g/mol. The predicted molar refractivity (Wildman–Crippen MR) is 97.3 cm³/mol. The molecule has 148 valence electrons. The molecule has 2 amide bonds. The molecule has 4 rings (SSSR count). The van der Waals surface area contributed by atoms with Gasteiger partial charge in [0.1, 0.15) is 5.82 Å². The summed E-state index contributed by atoms with van der Waals surface area (Å²) < 4.78 is 18.2. The Kier molecular flexibility index (Phi) is 5.36. The molecule has 28 heavy (non-hydrogen) atoms. The van der Waals surface area contributed by atoms with Crippen molar-refractivity contribution in [3.05, 3.63) is 47.4 Å². The zero-order valence-corrected chi connectivity index (χ0v) is 15.6. The molecule has 1 aliphatic carbocycles. The molecule has 1 aromatic carbocycles. The van der Waals surface area contributed by atoms with Crippen LogP contribution in [0.5, 0.6) is 0 Å². The van der Waals surface area contributed by atoms with E-state index in [2.05, 4.69) is 15.5 Å². The molecule has 2 heterocycles. The van der Waals surface area contributed by atoms with Gasteiger partial charge in [-0.05, 0) is 43.4 Å². The molecule has 1 atom stereocenters. The average Bonchev–Trinajstić information content (AvgIpc) is 3.25. The molecule has 1 saturated heterocycles. The highest BCUT2D eigenvalue weighted by atomic mass is 19.1. The van der Waals surface area contributed by atoms with Crippen molar-refractivity contribution in [2.75, 3.05) is 6.54 Å². The lowest BCUT2D eigenvalue weighted by Crippen LogP contribution is -2.32. The van der Waals surface area contributed by atoms with Crippen molar-refractivity contribution in [2.45, 2.75) is 51.1 Å². The predicted octanol–water partition coefficient (Wildman–Crippen LogP) is 2.53. The van der Waals surface area contributed by atoms with Crippen LogP contribution in [0.4, 0.5) is 4.39 Å². The lowest BCUT2D eigenvalue weighted by Gasteiger charge is -2.21. The Morgan fingerprint density at radius 2 is 2.00 bits per heavy atom. The van der Waals surface area contributed by atoms with Gasteiger partial charge < -0.3 is 14.7 Å². The molecule has 2 fully saturated rings. The second-order valence-corrected chi connectivity index (χ2v) is 7.41. The van der Waals surface area contributed by atoms with E-state index in [0.717, 1.165) is 37.8 Å². The van der Waals surface area contributed by atoms with E-state index in [1.54, 1.807) is 12.1 Å². The summed E-state index contributed by atoms with van der Waals surface area (Å²) in [5.74, 6) is 0.870. The monoisotopic (exact) mass is 386 g/mol. The number of carbonyl (C=O) groups excluding carboxylic acids is 2. The van der Waals surface area contributed by atoms with Gasteiger partial charge in [0.15, 0.2) is 5.82 Å². The number of aromatic nitrogens is 2. The maximum Gasteiger partial charge on any atom is 0.227 e. The fourth-order valence-corrected chi connectivity index (χ4v) is 3.48. The smallest absolute Gasteiger partial charge is 0.227 e. The Hall–Kier alpha value is -2.77. The third-order valence-electron chi connectivity index (χ3n) is 5.21. The molecule has 1 N–H and O–H groups in total. The summed E-state index contributed by atoms with van der Waals surface area (Å²) in [7, 11) is 0. The maximum atomic E-state index is 12.9. The first kappa shape index (κ1) is 18.6. The first-order valence-electron chi connectivity index (χ1n) is 9.74. The van der Waals surface area contributed by atoms with Crippen molar-refractivity contribution in [3.8, 4) is 0 Å². The Balaban J connectivity index is 1.26. The second kappa shape index (κ2) is 8.08. The molecule has 1 aromatic heterocycles. The number of nitrogens with one attached hydrogen (secondary N) is 1. The molecular formula is C20H23FN4O3. The minimum Gasteiger partial charge on any atom is -0.352 e. The van der Waals surface area contributed by atoms with Crippen molar-refractivity contribution in [2.24, 2.45) is 5.92 Å². The van der Waals surface area contributed by atoms with Crippen LogP contribution in [0.25, 0.3) is 0 Å². The van der Waals surface area contributed by atoms with Crippen LogP contribution in [0.3, 0.4) is 0 Å². The van der Waals surface area contributed by atoms with E-state index in [9.17, 15) is 14.0 Å². The molecule has 0 spiro atoms. The van der Waals surface area contributed by atoms with Crippen molar-refractivity contribution in [3.63, 3.8) is 0 Å². The normalized spacial score (nSPS) is 19.0. The van der Waals surface area contributed by atoms with E-state index in [0.29, 0.717) is 24.7 Å². The molecule has 0 radical (unpaired) electrons. The van der Waals surface area contributed by atoms with Gasteiger partial charge in [-0.1, -0.05) is 17.3 Å². The minimum absolute atomic E-state index is 0.113. The number of halogens is 1. The van der Waals surface area contributed by atoms with Gasteiger partial charge in [-0.2, -0.15) is 4.98 Å². The number of hydrogen-bond donors (Lipinski definition) is 1. The number of benzene rings is 1. The molecule has 1 saturated carbocycles. The van der Waals surface area contributed by atoms with E-state index in [1.807, 2.05) is 4.90 Å². The number of aryl methyl sites for hydroxylation is 1. The van der Waals surface area contributed by atoms with Crippen molar-refractivity contribution >= 4 is 11.8 Å². The highest BCUT2D eigenvalue weighted by Crippen LogP contribution is 2.37. The standard InChI is InChI=1S/C20H23FN4O3/c21-15-7-3-13(4-8-15)12-22-17(26)9-10-18-23-19(24-28-18)16-2-1-11-25(16)20(27)14-5-6-14/h3-4,7-8,14,16H,1-2,5-6,9-12H2,(H,22,26). The van der Waals surface area contributed by atoms with Crippen LogP contribution in [0, 0.1) is 11.7 Å². The number of likely N-dealkylation sites (tertiary alicyclic amines) is 1.